The molecular weight excluding hydrogens is 412 g/mol. The molecule has 8 heteroatoms. The van der Waals surface area contributed by atoms with Crippen LogP contribution < -0.4 is 19.5 Å². The van der Waals surface area contributed by atoms with Gasteiger partial charge in [0, 0.05) is 19.0 Å². The predicted octanol–water partition coefficient (Wildman–Crippen LogP) is 3.63. The Balaban J connectivity index is 1.73. The summed E-state index contributed by atoms with van der Waals surface area (Å²) < 4.78 is 16.1. The van der Waals surface area contributed by atoms with Crippen LogP contribution in [0.4, 0.5) is 4.79 Å². The van der Waals surface area contributed by atoms with Gasteiger partial charge < -0.3 is 29.5 Å². The van der Waals surface area contributed by atoms with E-state index in [0.717, 1.165) is 11.1 Å². The smallest absolute Gasteiger partial charge is 0.317 e. The Kier molecular flexibility index (Phi) is 6.12. The summed E-state index contributed by atoms with van der Waals surface area (Å²) in [5, 5.41) is 13.2. The number of ether oxygens (including phenoxy) is 3. The number of nitrogens with one attached hydrogen (secondary N) is 1. The number of likely N-dealkylation sites (tertiary alicyclic amines) is 1. The maximum absolute atomic E-state index is 13.1. The van der Waals surface area contributed by atoms with Crippen LogP contribution in [0.2, 0.25) is 0 Å². The number of aliphatic carboxylic acids is 1. The van der Waals surface area contributed by atoms with Crippen molar-refractivity contribution < 1.29 is 28.9 Å². The molecule has 32 heavy (non-hydrogen) atoms. The first-order valence-electron chi connectivity index (χ1n) is 10.7. The number of hydrogen-bond donors (Lipinski definition) is 2. The van der Waals surface area contributed by atoms with E-state index in [1.54, 1.807) is 30.2 Å². The largest absolute Gasteiger partial charge is 0.497 e. The molecule has 0 radical (unpaired) electrons. The lowest BCUT2D eigenvalue weighted by Crippen LogP contribution is -2.42. The number of fused-ring (bicyclic) bond motifs is 1. The van der Waals surface area contributed by atoms with E-state index < -0.39 is 23.8 Å². The average molecular weight is 440 g/mol. The lowest BCUT2D eigenvalue weighted by atomic mass is 9.83. The molecular formula is C24H28N2O6. The maximum atomic E-state index is 13.1. The van der Waals surface area contributed by atoms with Gasteiger partial charge in [-0.3, -0.25) is 4.79 Å². The van der Waals surface area contributed by atoms with E-state index >= 15 is 0 Å². The van der Waals surface area contributed by atoms with Gasteiger partial charge in [0.2, 0.25) is 6.79 Å². The molecule has 0 aromatic heterocycles. The molecule has 0 saturated carbocycles. The summed E-state index contributed by atoms with van der Waals surface area (Å²) in [6, 6.07) is 11.8. The number of rotatable bonds is 6. The molecule has 170 valence electrons. The van der Waals surface area contributed by atoms with E-state index in [9.17, 15) is 14.7 Å². The number of carboxylic acids is 1. The van der Waals surface area contributed by atoms with Crippen molar-refractivity contribution >= 4 is 12.0 Å². The van der Waals surface area contributed by atoms with Crippen LogP contribution in [-0.2, 0) is 4.79 Å². The highest BCUT2D eigenvalue weighted by Gasteiger charge is 2.49. The topological polar surface area (TPSA) is 97.3 Å². The van der Waals surface area contributed by atoms with Crippen LogP contribution >= 0.6 is 0 Å². The SMILES string of the molecule is COc1ccc(C2C(C(=O)O)C(c3ccc4c(c3)OCO4)CN2C(=O)NCC(C)C)cc1. The normalized spacial score (nSPS) is 21.6. The maximum Gasteiger partial charge on any atom is 0.317 e. The lowest BCUT2D eigenvalue weighted by molar-refractivity contribution is -0.142. The number of carboxylic acid groups (broad SMARTS) is 1. The Labute approximate surface area is 187 Å². The van der Waals surface area contributed by atoms with Gasteiger partial charge in [-0.1, -0.05) is 32.0 Å². The van der Waals surface area contributed by atoms with Crippen molar-refractivity contribution in [2.45, 2.75) is 25.8 Å². The molecule has 3 atom stereocenters. The molecule has 2 heterocycles. The van der Waals surface area contributed by atoms with Gasteiger partial charge in [0.15, 0.2) is 11.5 Å². The Morgan fingerprint density at radius 2 is 1.81 bits per heavy atom. The number of methoxy groups -OCH3 is 1. The van der Waals surface area contributed by atoms with Crippen LogP contribution in [0.15, 0.2) is 42.5 Å². The summed E-state index contributed by atoms with van der Waals surface area (Å²) in [7, 11) is 1.58. The van der Waals surface area contributed by atoms with Crippen molar-refractivity contribution in [1.29, 1.82) is 0 Å². The van der Waals surface area contributed by atoms with Crippen LogP contribution in [0.3, 0.4) is 0 Å². The quantitative estimate of drug-likeness (QED) is 0.712. The molecule has 2 aliphatic rings. The van der Waals surface area contributed by atoms with E-state index in [2.05, 4.69) is 5.32 Å². The Morgan fingerprint density at radius 1 is 1.12 bits per heavy atom. The third kappa shape index (κ3) is 4.17. The van der Waals surface area contributed by atoms with Crippen molar-refractivity contribution in [3.05, 3.63) is 53.6 Å². The van der Waals surface area contributed by atoms with Crippen LogP contribution in [-0.4, -0.2) is 49.0 Å². The third-order valence-electron chi connectivity index (χ3n) is 5.99. The average Bonchev–Trinajstić information content (AvgIpc) is 3.41. The molecule has 3 unspecified atom stereocenters. The highest BCUT2D eigenvalue weighted by atomic mass is 16.7. The summed E-state index contributed by atoms with van der Waals surface area (Å²) in [6.45, 7) is 4.96. The zero-order valence-corrected chi connectivity index (χ0v) is 18.4. The second-order valence-corrected chi connectivity index (χ2v) is 8.53. The van der Waals surface area contributed by atoms with Crippen molar-refractivity contribution in [3.63, 3.8) is 0 Å². The van der Waals surface area contributed by atoms with Crippen LogP contribution in [0.1, 0.15) is 36.9 Å². The van der Waals surface area contributed by atoms with Gasteiger partial charge in [-0.15, -0.1) is 0 Å². The molecule has 1 fully saturated rings. The molecule has 2 aromatic rings. The van der Waals surface area contributed by atoms with E-state index in [0.29, 0.717) is 23.8 Å². The molecule has 1 saturated heterocycles. The molecule has 4 rings (SSSR count). The summed E-state index contributed by atoms with van der Waals surface area (Å²) in [4.78, 5) is 27.3. The minimum atomic E-state index is -0.951. The zero-order valence-electron chi connectivity index (χ0n) is 18.4. The highest BCUT2D eigenvalue weighted by Crippen LogP contribution is 2.47. The molecule has 0 bridgehead atoms. The number of carbonyl (C=O) groups excluding carboxylic acids is 1. The molecule has 2 aromatic carbocycles. The van der Waals surface area contributed by atoms with E-state index in [1.165, 1.54) is 0 Å². The van der Waals surface area contributed by atoms with Crippen molar-refractivity contribution in [2.75, 3.05) is 27.0 Å². The van der Waals surface area contributed by atoms with Gasteiger partial charge in [0.1, 0.15) is 5.75 Å². The molecule has 8 nitrogen and oxygen atoms in total. The van der Waals surface area contributed by atoms with Crippen molar-refractivity contribution in [3.8, 4) is 17.2 Å². The second-order valence-electron chi connectivity index (χ2n) is 8.53. The van der Waals surface area contributed by atoms with Crippen molar-refractivity contribution in [1.82, 2.24) is 10.2 Å². The fraction of sp³-hybridized carbons (Fsp3) is 0.417. The fourth-order valence-electron chi connectivity index (χ4n) is 4.41. The first-order valence-corrected chi connectivity index (χ1v) is 10.7. The lowest BCUT2D eigenvalue weighted by Gasteiger charge is -2.28. The van der Waals surface area contributed by atoms with Crippen LogP contribution in [0, 0.1) is 11.8 Å². The number of urea groups is 1. The Bertz CT molecular complexity index is 990. The molecule has 0 aliphatic carbocycles. The summed E-state index contributed by atoms with van der Waals surface area (Å²) in [5.74, 6) is -0.00464. The monoisotopic (exact) mass is 440 g/mol. The van der Waals surface area contributed by atoms with Crippen molar-refractivity contribution in [2.24, 2.45) is 11.8 Å². The van der Waals surface area contributed by atoms with Gasteiger partial charge in [-0.2, -0.15) is 0 Å². The standard InChI is InChI=1S/C24H28N2O6/c1-14(2)11-25-24(29)26-12-18(16-6-9-19-20(10-16)32-13-31-19)21(23(27)28)22(26)15-4-7-17(30-3)8-5-15/h4-10,14,18,21-22H,11-13H2,1-3H3,(H,25,29)(H,27,28). The Hall–Kier alpha value is -3.42. The first kappa shape index (κ1) is 21.8. The number of benzene rings is 2. The number of hydrogen-bond acceptors (Lipinski definition) is 5. The van der Waals surface area contributed by atoms with E-state index in [4.69, 9.17) is 14.2 Å². The van der Waals surface area contributed by atoms with Gasteiger partial charge in [-0.05, 0) is 41.3 Å². The fourth-order valence-corrected chi connectivity index (χ4v) is 4.41. The summed E-state index contributed by atoms with van der Waals surface area (Å²) >= 11 is 0. The Morgan fingerprint density at radius 3 is 2.47 bits per heavy atom. The summed E-state index contributed by atoms with van der Waals surface area (Å²) in [5.41, 5.74) is 1.56. The molecule has 2 aliphatic heterocycles. The van der Waals surface area contributed by atoms with Gasteiger partial charge in [0.05, 0.1) is 19.1 Å². The van der Waals surface area contributed by atoms with E-state index in [1.807, 2.05) is 38.1 Å². The number of carbonyl (C=O) groups is 2. The molecule has 2 N–H and O–H groups in total. The van der Waals surface area contributed by atoms with Gasteiger partial charge in [-0.25, -0.2) is 4.79 Å². The van der Waals surface area contributed by atoms with Gasteiger partial charge in [0.25, 0.3) is 0 Å². The summed E-state index contributed by atoms with van der Waals surface area (Å²) in [6.07, 6.45) is 0. The number of nitrogens with zero attached hydrogens (tertiary/aromatic N) is 1. The van der Waals surface area contributed by atoms with Gasteiger partial charge >= 0.3 is 12.0 Å². The first-order chi connectivity index (χ1) is 15.4. The predicted molar refractivity (Wildman–Crippen MR) is 117 cm³/mol. The zero-order chi connectivity index (χ0) is 22.8. The second kappa shape index (κ2) is 8.98. The highest BCUT2D eigenvalue weighted by molar-refractivity contribution is 5.80. The number of amides is 2. The van der Waals surface area contributed by atoms with E-state index in [-0.39, 0.29) is 25.3 Å². The minimum Gasteiger partial charge on any atom is -0.497 e. The molecule has 0 spiro atoms. The molecule has 2 amide bonds. The van der Waals surface area contributed by atoms with Crippen LogP contribution in [0.25, 0.3) is 0 Å². The third-order valence-corrected chi connectivity index (χ3v) is 5.99. The minimum absolute atomic E-state index is 0.143. The van der Waals surface area contributed by atoms with Crippen LogP contribution in [0.5, 0.6) is 17.2 Å².